The zero-order valence-electron chi connectivity index (χ0n) is 17.3. The summed E-state index contributed by atoms with van der Waals surface area (Å²) in [6.45, 7) is 7.21. The third kappa shape index (κ3) is 4.19. The van der Waals surface area contributed by atoms with Crippen LogP contribution in [0.25, 0.3) is 21.5 Å². The molecule has 2 amide bonds. The Kier molecular flexibility index (Phi) is 5.55. The largest absolute Gasteiger partial charge is 0.326 e. The van der Waals surface area contributed by atoms with Crippen LogP contribution in [0, 0.1) is 26.6 Å². The summed E-state index contributed by atoms with van der Waals surface area (Å²) in [5, 5.41) is 8.41. The predicted molar refractivity (Wildman–Crippen MR) is 124 cm³/mol. The second-order valence-electron chi connectivity index (χ2n) is 7.18. The minimum Gasteiger partial charge on any atom is -0.326 e. The highest BCUT2D eigenvalue weighted by atomic mass is 32.1. The van der Waals surface area contributed by atoms with E-state index < -0.39 is 5.82 Å². The molecule has 0 spiro atoms. The number of rotatable bonds is 4. The number of fused-ring (bicyclic) bond motifs is 1. The molecule has 3 heterocycles. The first-order valence-electron chi connectivity index (χ1n) is 9.44. The van der Waals surface area contributed by atoms with Crippen LogP contribution in [0.5, 0.6) is 0 Å². The van der Waals surface area contributed by atoms with Crippen molar-refractivity contribution in [3.8, 4) is 11.3 Å². The summed E-state index contributed by atoms with van der Waals surface area (Å²) in [6, 6.07) is 6.40. The molecule has 4 rings (SSSR count). The van der Waals surface area contributed by atoms with Gasteiger partial charge in [0.2, 0.25) is 5.91 Å². The molecule has 0 radical (unpaired) electrons. The van der Waals surface area contributed by atoms with Gasteiger partial charge in [0.15, 0.2) is 5.13 Å². The zero-order valence-corrected chi connectivity index (χ0v) is 18.9. The van der Waals surface area contributed by atoms with Gasteiger partial charge < -0.3 is 5.32 Å². The van der Waals surface area contributed by atoms with E-state index >= 15 is 0 Å². The van der Waals surface area contributed by atoms with Crippen molar-refractivity contribution >= 4 is 55.5 Å². The number of amides is 2. The predicted octanol–water partition coefficient (Wildman–Crippen LogP) is 5.69. The number of thiazole rings is 1. The lowest BCUT2D eigenvalue weighted by Gasteiger charge is -2.05. The summed E-state index contributed by atoms with van der Waals surface area (Å²) in [7, 11) is 0. The maximum Gasteiger partial charge on any atom is 0.267 e. The van der Waals surface area contributed by atoms with E-state index in [0.717, 1.165) is 27.0 Å². The van der Waals surface area contributed by atoms with Crippen LogP contribution in [0.3, 0.4) is 0 Å². The molecule has 1 aromatic carbocycles. The average molecular weight is 455 g/mol. The van der Waals surface area contributed by atoms with E-state index in [0.29, 0.717) is 27.0 Å². The fourth-order valence-electron chi connectivity index (χ4n) is 3.45. The number of nitrogens with one attached hydrogen (secondary N) is 2. The number of nitrogens with zero attached hydrogens (tertiary/aromatic N) is 2. The lowest BCUT2D eigenvalue weighted by atomic mass is 10.1. The van der Waals surface area contributed by atoms with Crippen LogP contribution in [0.15, 0.2) is 29.6 Å². The number of hydrogen-bond acceptors (Lipinski definition) is 6. The van der Waals surface area contributed by atoms with Gasteiger partial charge in [-0.05, 0) is 56.2 Å². The van der Waals surface area contributed by atoms with E-state index in [2.05, 4.69) is 20.6 Å². The molecular weight excluding hydrogens is 435 g/mol. The highest BCUT2D eigenvalue weighted by Crippen LogP contribution is 2.34. The lowest BCUT2D eigenvalue weighted by molar-refractivity contribution is -0.114. The van der Waals surface area contributed by atoms with Gasteiger partial charge in [-0.3, -0.25) is 14.9 Å². The number of hydrogen-bond donors (Lipinski definition) is 2. The van der Waals surface area contributed by atoms with E-state index in [9.17, 15) is 14.0 Å². The summed E-state index contributed by atoms with van der Waals surface area (Å²) in [5.74, 6) is -1.05. The van der Waals surface area contributed by atoms with Crippen LogP contribution in [0.4, 0.5) is 15.2 Å². The molecular formula is C22H19FN4O2S2. The van der Waals surface area contributed by atoms with Crippen LogP contribution in [0.2, 0.25) is 0 Å². The molecule has 4 aromatic rings. The molecule has 0 atom stereocenters. The maximum absolute atomic E-state index is 14.5. The van der Waals surface area contributed by atoms with Crippen molar-refractivity contribution in [2.75, 3.05) is 10.6 Å². The van der Waals surface area contributed by atoms with Crippen molar-refractivity contribution in [1.82, 2.24) is 9.97 Å². The standard InChI is InChI=1S/C22H19FN4O2S2/c1-10-7-11(2)24-21-18(10)12(3)19(31-21)20(29)27-22-26-17(9-30-22)15-6-5-14(8-16(15)23)25-13(4)28/h5-9H,1-4H3,(H,25,28)(H,26,27,29). The fraction of sp³-hybridized carbons (Fsp3) is 0.182. The van der Waals surface area contributed by atoms with Gasteiger partial charge in [-0.2, -0.15) is 0 Å². The lowest BCUT2D eigenvalue weighted by Crippen LogP contribution is -2.11. The molecule has 158 valence electrons. The Morgan fingerprint density at radius 3 is 2.55 bits per heavy atom. The highest BCUT2D eigenvalue weighted by molar-refractivity contribution is 7.21. The van der Waals surface area contributed by atoms with Crippen molar-refractivity contribution < 1.29 is 14.0 Å². The monoisotopic (exact) mass is 454 g/mol. The third-order valence-corrected chi connectivity index (χ3v) is 6.66. The summed E-state index contributed by atoms with van der Waals surface area (Å²) in [4.78, 5) is 34.3. The molecule has 6 nitrogen and oxygen atoms in total. The maximum atomic E-state index is 14.5. The smallest absolute Gasteiger partial charge is 0.267 e. The fourth-order valence-corrected chi connectivity index (χ4v) is 5.35. The Hall–Kier alpha value is -3.17. The van der Waals surface area contributed by atoms with Crippen LogP contribution >= 0.6 is 22.7 Å². The number of halogens is 1. The minimum atomic E-state index is -0.508. The molecule has 0 bridgehead atoms. The first-order valence-corrected chi connectivity index (χ1v) is 11.1. The molecule has 0 saturated heterocycles. The number of carbonyl (C=O) groups excluding carboxylic acids is 2. The highest BCUT2D eigenvalue weighted by Gasteiger charge is 2.19. The number of thiophene rings is 1. The summed E-state index contributed by atoms with van der Waals surface area (Å²) in [5.41, 5.74) is 3.96. The number of aromatic nitrogens is 2. The van der Waals surface area contributed by atoms with Crippen LogP contribution < -0.4 is 10.6 Å². The Balaban J connectivity index is 1.58. The summed E-state index contributed by atoms with van der Waals surface area (Å²) >= 11 is 2.57. The van der Waals surface area contributed by atoms with E-state index in [1.807, 2.05) is 26.8 Å². The summed E-state index contributed by atoms with van der Waals surface area (Å²) in [6.07, 6.45) is 0. The topological polar surface area (TPSA) is 84.0 Å². The molecule has 0 saturated carbocycles. The third-order valence-electron chi connectivity index (χ3n) is 4.72. The van der Waals surface area contributed by atoms with E-state index in [1.165, 1.54) is 35.7 Å². The molecule has 0 aliphatic heterocycles. The van der Waals surface area contributed by atoms with E-state index in [4.69, 9.17) is 0 Å². The Morgan fingerprint density at radius 1 is 1.06 bits per heavy atom. The number of anilines is 2. The molecule has 31 heavy (non-hydrogen) atoms. The quantitative estimate of drug-likeness (QED) is 0.415. The first kappa shape index (κ1) is 21.1. The van der Waals surface area contributed by atoms with Gasteiger partial charge in [-0.15, -0.1) is 22.7 Å². The van der Waals surface area contributed by atoms with Crippen LogP contribution in [-0.2, 0) is 4.79 Å². The average Bonchev–Trinajstić information content (AvgIpc) is 3.25. The molecule has 9 heteroatoms. The van der Waals surface area contributed by atoms with Gasteiger partial charge in [0, 0.05) is 34.6 Å². The molecule has 0 unspecified atom stereocenters. The molecule has 0 aliphatic rings. The van der Waals surface area contributed by atoms with Crippen molar-refractivity contribution in [1.29, 1.82) is 0 Å². The van der Waals surface area contributed by atoms with Crippen LogP contribution in [-0.4, -0.2) is 21.8 Å². The number of carbonyl (C=O) groups is 2. The second-order valence-corrected chi connectivity index (χ2v) is 9.04. The van der Waals surface area contributed by atoms with Gasteiger partial charge in [0.25, 0.3) is 5.91 Å². The molecule has 2 N–H and O–H groups in total. The van der Waals surface area contributed by atoms with Crippen molar-refractivity contribution in [3.05, 3.63) is 57.2 Å². The summed E-state index contributed by atoms with van der Waals surface area (Å²) < 4.78 is 14.5. The van der Waals surface area contributed by atoms with Crippen molar-refractivity contribution in [3.63, 3.8) is 0 Å². The van der Waals surface area contributed by atoms with Gasteiger partial charge >= 0.3 is 0 Å². The number of pyridine rings is 1. The zero-order chi connectivity index (χ0) is 22.3. The minimum absolute atomic E-state index is 0.264. The first-order chi connectivity index (χ1) is 14.7. The number of aryl methyl sites for hydroxylation is 3. The molecule has 0 fully saturated rings. The number of benzene rings is 1. The Morgan fingerprint density at radius 2 is 1.84 bits per heavy atom. The normalized spacial score (nSPS) is 11.0. The van der Waals surface area contributed by atoms with Gasteiger partial charge in [0.05, 0.1) is 10.6 Å². The van der Waals surface area contributed by atoms with Gasteiger partial charge in [0.1, 0.15) is 10.6 Å². The van der Waals surface area contributed by atoms with E-state index in [1.54, 1.807) is 17.5 Å². The van der Waals surface area contributed by atoms with Gasteiger partial charge in [-0.1, -0.05) is 0 Å². The van der Waals surface area contributed by atoms with Crippen LogP contribution in [0.1, 0.15) is 33.4 Å². The Labute approximate surface area is 186 Å². The SMILES string of the molecule is CC(=O)Nc1ccc(-c2csc(NC(=O)c3sc4nc(C)cc(C)c4c3C)n2)c(F)c1. The molecule has 0 aliphatic carbocycles. The molecule has 3 aromatic heterocycles. The van der Waals surface area contributed by atoms with Crippen molar-refractivity contribution in [2.45, 2.75) is 27.7 Å². The van der Waals surface area contributed by atoms with Gasteiger partial charge in [-0.25, -0.2) is 14.4 Å². The Bertz CT molecular complexity index is 1340. The second kappa shape index (κ2) is 8.16. The van der Waals surface area contributed by atoms with E-state index in [-0.39, 0.29) is 11.8 Å². The van der Waals surface area contributed by atoms with Crippen molar-refractivity contribution in [2.24, 2.45) is 0 Å².